The highest BCUT2D eigenvalue weighted by atomic mass is 15.2. The zero-order chi connectivity index (χ0) is 9.54. The Hall–Kier alpha value is -1.25. The molecule has 2 N–H and O–H groups in total. The Morgan fingerprint density at radius 2 is 2.36 bits per heavy atom. The second-order valence-electron chi connectivity index (χ2n) is 4.42. The Labute approximate surface area is 83.9 Å². The zero-order valence-corrected chi connectivity index (χ0v) is 8.19. The van der Waals surface area contributed by atoms with Crippen LogP contribution < -0.4 is 10.6 Å². The number of rotatable bonds is 1. The van der Waals surface area contributed by atoms with E-state index in [1.165, 1.54) is 31.5 Å². The smallest absolute Gasteiger partial charge is 0.125 e. The highest BCUT2D eigenvalue weighted by Gasteiger charge is 2.37. The highest BCUT2D eigenvalue weighted by Crippen LogP contribution is 2.40. The van der Waals surface area contributed by atoms with Crippen LogP contribution >= 0.6 is 0 Å². The standard InChI is InChI=1S/C11H15N3/c12-11-6-10(3-4-13-11)14-7-8-1-2-9(14)5-8/h3-4,6,8-9H,1-2,5,7H2,(H2,12,13). The maximum Gasteiger partial charge on any atom is 0.125 e. The molecule has 3 heteroatoms. The van der Waals surface area contributed by atoms with Gasteiger partial charge in [-0.1, -0.05) is 0 Å². The molecule has 2 aliphatic rings. The quantitative estimate of drug-likeness (QED) is 0.730. The van der Waals surface area contributed by atoms with Crippen molar-refractivity contribution in [1.29, 1.82) is 0 Å². The molecule has 0 spiro atoms. The van der Waals surface area contributed by atoms with Crippen molar-refractivity contribution in [3.63, 3.8) is 0 Å². The molecule has 2 atom stereocenters. The van der Waals surface area contributed by atoms with Crippen molar-refractivity contribution < 1.29 is 0 Å². The van der Waals surface area contributed by atoms with Gasteiger partial charge < -0.3 is 10.6 Å². The normalized spacial score (nSPS) is 29.9. The van der Waals surface area contributed by atoms with Crippen molar-refractivity contribution in [2.75, 3.05) is 17.2 Å². The van der Waals surface area contributed by atoms with Gasteiger partial charge in [-0.3, -0.25) is 0 Å². The Bertz CT molecular complexity index is 350. The molecule has 1 aromatic rings. The van der Waals surface area contributed by atoms with Crippen LogP contribution in [0.2, 0.25) is 0 Å². The minimum atomic E-state index is 0.630. The number of nitrogens with zero attached hydrogens (tertiary/aromatic N) is 2. The molecular formula is C11H15N3. The van der Waals surface area contributed by atoms with Crippen molar-refractivity contribution in [3.8, 4) is 0 Å². The van der Waals surface area contributed by atoms with E-state index >= 15 is 0 Å². The summed E-state index contributed by atoms with van der Waals surface area (Å²) in [5.74, 6) is 1.56. The van der Waals surface area contributed by atoms with Crippen LogP contribution in [0.1, 0.15) is 19.3 Å². The SMILES string of the molecule is Nc1cc(N2CC3CCC2C3)ccn1. The van der Waals surface area contributed by atoms with Gasteiger partial charge in [0.25, 0.3) is 0 Å². The molecule has 3 nitrogen and oxygen atoms in total. The van der Waals surface area contributed by atoms with Gasteiger partial charge in [0.05, 0.1) is 0 Å². The van der Waals surface area contributed by atoms with Gasteiger partial charge in [-0.15, -0.1) is 0 Å². The summed E-state index contributed by atoms with van der Waals surface area (Å²) < 4.78 is 0. The number of hydrogen-bond acceptors (Lipinski definition) is 3. The van der Waals surface area contributed by atoms with Gasteiger partial charge in [0.1, 0.15) is 5.82 Å². The molecule has 2 bridgehead atoms. The van der Waals surface area contributed by atoms with E-state index in [9.17, 15) is 0 Å². The maximum absolute atomic E-state index is 5.69. The average Bonchev–Trinajstić information content (AvgIpc) is 2.78. The molecule has 74 valence electrons. The summed E-state index contributed by atoms with van der Waals surface area (Å²) in [6.07, 6.45) is 5.95. The summed E-state index contributed by atoms with van der Waals surface area (Å²) in [5, 5.41) is 0. The fourth-order valence-electron chi connectivity index (χ4n) is 2.86. The largest absolute Gasteiger partial charge is 0.384 e. The van der Waals surface area contributed by atoms with Gasteiger partial charge in [0.2, 0.25) is 0 Å². The number of nitrogens with two attached hydrogens (primary N) is 1. The lowest BCUT2D eigenvalue weighted by molar-refractivity contribution is 0.553. The van der Waals surface area contributed by atoms with Gasteiger partial charge in [-0.05, 0) is 31.2 Å². The monoisotopic (exact) mass is 189 g/mol. The minimum absolute atomic E-state index is 0.630. The fourth-order valence-corrected chi connectivity index (χ4v) is 2.86. The second kappa shape index (κ2) is 2.87. The molecule has 2 heterocycles. The summed E-state index contributed by atoms with van der Waals surface area (Å²) in [7, 11) is 0. The molecule has 14 heavy (non-hydrogen) atoms. The van der Waals surface area contributed by atoms with Crippen molar-refractivity contribution in [1.82, 2.24) is 4.98 Å². The number of pyridine rings is 1. The van der Waals surface area contributed by atoms with Gasteiger partial charge in [0.15, 0.2) is 0 Å². The Morgan fingerprint density at radius 1 is 1.43 bits per heavy atom. The first-order valence-electron chi connectivity index (χ1n) is 5.31. The molecule has 0 radical (unpaired) electrons. The molecule has 2 unspecified atom stereocenters. The predicted molar refractivity (Wildman–Crippen MR) is 57.1 cm³/mol. The topological polar surface area (TPSA) is 42.1 Å². The number of aromatic nitrogens is 1. The summed E-state index contributed by atoms with van der Waals surface area (Å²) >= 11 is 0. The van der Waals surface area contributed by atoms with Crippen LogP contribution in [0.3, 0.4) is 0 Å². The van der Waals surface area contributed by atoms with E-state index in [2.05, 4.69) is 16.0 Å². The van der Waals surface area contributed by atoms with E-state index in [0.29, 0.717) is 5.82 Å². The van der Waals surface area contributed by atoms with Crippen LogP contribution in [0, 0.1) is 5.92 Å². The first kappa shape index (κ1) is 8.09. The van der Waals surface area contributed by atoms with Crippen LogP contribution in [0.4, 0.5) is 11.5 Å². The van der Waals surface area contributed by atoms with E-state index < -0.39 is 0 Å². The zero-order valence-electron chi connectivity index (χ0n) is 8.19. The third kappa shape index (κ3) is 1.15. The molecule has 2 fully saturated rings. The van der Waals surface area contributed by atoms with Gasteiger partial charge in [-0.2, -0.15) is 0 Å². The van der Waals surface area contributed by atoms with Crippen LogP contribution in [0.25, 0.3) is 0 Å². The average molecular weight is 189 g/mol. The maximum atomic E-state index is 5.69. The second-order valence-corrected chi connectivity index (χ2v) is 4.42. The summed E-state index contributed by atoms with van der Waals surface area (Å²) in [4.78, 5) is 6.52. The van der Waals surface area contributed by atoms with Gasteiger partial charge in [-0.25, -0.2) is 4.98 Å². The van der Waals surface area contributed by atoms with E-state index in [-0.39, 0.29) is 0 Å². The van der Waals surface area contributed by atoms with Crippen LogP contribution in [-0.4, -0.2) is 17.6 Å². The van der Waals surface area contributed by atoms with E-state index in [1.54, 1.807) is 6.20 Å². The lowest BCUT2D eigenvalue weighted by Gasteiger charge is -2.29. The first-order valence-corrected chi connectivity index (χ1v) is 5.31. The van der Waals surface area contributed by atoms with E-state index in [1.807, 2.05) is 6.07 Å². The minimum Gasteiger partial charge on any atom is -0.384 e. The van der Waals surface area contributed by atoms with Crippen LogP contribution in [0.5, 0.6) is 0 Å². The van der Waals surface area contributed by atoms with E-state index in [4.69, 9.17) is 5.73 Å². The molecular weight excluding hydrogens is 174 g/mol. The first-order chi connectivity index (χ1) is 6.83. The fraction of sp³-hybridized carbons (Fsp3) is 0.545. The van der Waals surface area contributed by atoms with Crippen LogP contribution in [0.15, 0.2) is 18.3 Å². The molecule has 0 aromatic carbocycles. The number of piperidine rings is 1. The van der Waals surface area contributed by atoms with Crippen molar-refractivity contribution in [2.24, 2.45) is 5.92 Å². The van der Waals surface area contributed by atoms with Crippen molar-refractivity contribution in [3.05, 3.63) is 18.3 Å². The predicted octanol–water partition coefficient (Wildman–Crippen LogP) is 1.65. The van der Waals surface area contributed by atoms with Crippen LogP contribution in [-0.2, 0) is 0 Å². The number of anilines is 2. The lowest BCUT2D eigenvalue weighted by atomic mass is 10.1. The van der Waals surface area contributed by atoms with E-state index in [0.717, 1.165) is 12.0 Å². The molecule has 1 aliphatic heterocycles. The lowest BCUT2D eigenvalue weighted by Crippen LogP contribution is -2.31. The molecule has 1 saturated carbocycles. The third-order valence-corrected chi connectivity index (χ3v) is 3.51. The number of nitrogen functional groups attached to an aromatic ring is 1. The number of hydrogen-bond donors (Lipinski definition) is 1. The Morgan fingerprint density at radius 3 is 3.00 bits per heavy atom. The Balaban J connectivity index is 1.89. The number of fused-ring (bicyclic) bond motifs is 2. The molecule has 3 rings (SSSR count). The third-order valence-electron chi connectivity index (χ3n) is 3.51. The summed E-state index contributed by atoms with van der Waals surface area (Å²) in [5.41, 5.74) is 6.94. The molecule has 0 amide bonds. The molecule has 1 aromatic heterocycles. The summed E-state index contributed by atoms with van der Waals surface area (Å²) in [6, 6.07) is 4.82. The molecule has 1 saturated heterocycles. The highest BCUT2D eigenvalue weighted by molar-refractivity contribution is 5.54. The van der Waals surface area contributed by atoms with Crippen molar-refractivity contribution in [2.45, 2.75) is 25.3 Å². The van der Waals surface area contributed by atoms with Gasteiger partial charge >= 0.3 is 0 Å². The molecule has 1 aliphatic carbocycles. The Kier molecular flexibility index (Phi) is 1.66. The van der Waals surface area contributed by atoms with Crippen molar-refractivity contribution >= 4 is 11.5 Å². The summed E-state index contributed by atoms with van der Waals surface area (Å²) in [6.45, 7) is 1.22. The van der Waals surface area contributed by atoms with Gasteiger partial charge in [0, 0.05) is 30.5 Å².